The number of nitrogens with zero attached hydrogens (tertiary/aromatic N) is 3. The van der Waals surface area contributed by atoms with Gasteiger partial charge in [0.05, 0.1) is 0 Å². The van der Waals surface area contributed by atoms with Gasteiger partial charge in [0, 0.05) is 42.6 Å². The Morgan fingerprint density at radius 2 is 2.27 bits per heavy atom. The molecule has 1 fully saturated rings. The van der Waals surface area contributed by atoms with Crippen LogP contribution in [0, 0.1) is 6.92 Å². The molecule has 0 radical (unpaired) electrons. The van der Waals surface area contributed by atoms with Gasteiger partial charge in [0.15, 0.2) is 0 Å². The lowest BCUT2D eigenvalue weighted by molar-refractivity contribution is 0.412. The first-order valence-corrected chi connectivity index (χ1v) is 7.97. The average molecular weight is 294 g/mol. The maximum absolute atomic E-state index is 4.31. The zero-order chi connectivity index (χ0) is 15.1. The Morgan fingerprint density at radius 1 is 1.36 bits per heavy atom. The van der Waals surface area contributed by atoms with E-state index in [0.717, 1.165) is 18.9 Å². The van der Waals surface area contributed by atoms with Gasteiger partial charge in [-0.2, -0.15) is 0 Å². The van der Waals surface area contributed by atoms with Gasteiger partial charge in [-0.15, -0.1) is 0 Å². The quantitative estimate of drug-likeness (QED) is 0.805. The summed E-state index contributed by atoms with van der Waals surface area (Å²) in [5, 5.41) is 1.38. The van der Waals surface area contributed by atoms with Gasteiger partial charge in [0.25, 0.3) is 0 Å². The number of imidazole rings is 1. The zero-order valence-corrected chi connectivity index (χ0v) is 13.2. The van der Waals surface area contributed by atoms with Crippen molar-refractivity contribution in [3.8, 4) is 0 Å². The fraction of sp³-hybridized carbons (Fsp3) is 0.389. The highest BCUT2D eigenvalue weighted by Gasteiger charge is 2.23. The zero-order valence-electron chi connectivity index (χ0n) is 13.2. The van der Waals surface area contributed by atoms with Gasteiger partial charge in [-0.25, -0.2) is 4.98 Å². The number of H-pyrrole nitrogens is 1. The van der Waals surface area contributed by atoms with Crippen molar-refractivity contribution in [1.82, 2.24) is 19.4 Å². The van der Waals surface area contributed by atoms with Gasteiger partial charge in [-0.3, -0.25) is 0 Å². The van der Waals surface area contributed by atoms with Crippen LogP contribution in [0.2, 0.25) is 0 Å². The maximum atomic E-state index is 4.31. The molecular weight excluding hydrogens is 272 g/mol. The van der Waals surface area contributed by atoms with Crippen molar-refractivity contribution in [2.75, 3.05) is 20.1 Å². The van der Waals surface area contributed by atoms with Crippen molar-refractivity contribution in [3.63, 3.8) is 0 Å². The molecule has 1 unspecified atom stereocenters. The topological polar surface area (TPSA) is 36.9 Å². The van der Waals surface area contributed by atoms with E-state index in [4.69, 9.17) is 0 Å². The minimum absolute atomic E-state index is 0.656. The number of benzene rings is 1. The highest BCUT2D eigenvalue weighted by Crippen LogP contribution is 2.32. The molecule has 1 N–H and O–H groups in total. The third kappa shape index (κ3) is 2.33. The molecule has 1 atom stereocenters. The summed E-state index contributed by atoms with van der Waals surface area (Å²) in [5.74, 6) is 1.72. The number of aromatic amines is 1. The predicted octanol–water partition coefficient (Wildman–Crippen LogP) is 3.14. The summed E-state index contributed by atoms with van der Waals surface area (Å²) < 4.78 is 2.19. The minimum atomic E-state index is 0.656. The predicted molar refractivity (Wildman–Crippen MR) is 89.2 cm³/mol. The lowest BCUT2D eigenvalue weighted by Gasteiger charge is -2.10. The van der Waals surface area contributed by atoms with E-state index in [-0.39, 0.29) is 0 Å². The molecular formula is C18H22N4. The summed E-state index contributed by atoms with van der Waals surface area (Å²) in [4.78, 5) is 10.2. The number of fused-ring (bicyclic) bond motifs is 1. The lowest BCUT2D eigenvalue weighted by atomic mass is 9.97. The molecule has 4 nitrogen and oxygen atoms in total. The van der Waals surface area contributed by atoms with Gasteiger partial charge in [-0.05, 0) is 56.1 Å². The van der Waals surface area contributed by atoms with E-state index in [1.807, 2.05) is 12.4 Å². The van der Waals surface area contributed by atoms with Crippen molar-refractivity contribution in [2.24, 2.45) is 0 Å². The van der Waals surface area contributed by atoms with E-state index in [0.29, 0.717) is 5.92 Å². The van der Waals surface area contributed by atoms with Crippen LogP contribution < -0.4 is 0 Å². The van der Waals surface area contributed by atoms with Crippen molar-refractivity contribution in [3.05, 3.63) is 53.7 Å². The number of likely N-dealkylation sites (N-methyl/N-ethyl adjacent to an activating group) is 1. The Hall–Kier alpha value is -2.07. The summed E-state index contributed by atoms with van der Waals surface area (Å²) >= 11 is 0. The summed E-state index contributed by atoms with van der Waals surface area (Å²) in [6.07, 6.45) is 7.38. The van der Waals surface area contributed by atoms with Crippen LogP contribution in [0.1, 0.15) is 29.3 Å². The average Bonchev–Trinajstić information content (AvgIpc) is 3.20. The highest BCUT2D eigenvalue weighted by molar-refractivity contribution is 5.84. The molecule has 0 aliphatic carbocycles. The smallest absolute Gasteiger partial charge is 0.105 e. The van der Waals surface area contributed by atoms with Gasteiger partial charge in [0.2, 0.25) is 0 Å². The minimum Gasteiger partial charge on any atom is -0.361 e. The molecule has 4 heteroatoms. The molecule has 1 aromatic carbocycles. The second kappa shape index (κ2) is 5.29. The Morgan fingerprint density at radius 3 is 3.00 bits per heavy atom. The second-order valence-electron chi connectivity index (χ2n) is 6.47. The third-order valence-electron chi connectivity index (χ3n) is 4.89. The summed E-state index contributed by atoms with van der Waals surface area (Å²) in [6, 6.07) is 6.76. The molecule has 114 valence electrons. The van der Waals surface area contributed by atoms with E-state index >= 15 is 0 Å². The van der Waals surface area contributed by atoms with E-state index in [9.17, 15) is 0 Å². The Bertz CT molecular complexity index is 798. The lowest BCUT2D eigenvalue weighted by Crippen LogP contribution is -2.13. The largest absolute Gasteiger partial charge is 0.361 e. The molecule has 0 bridgehead atoms. The number of hydrogen-bond donors (Lipinski definition) is 1. The number of hydrogen-bond acceptors (Lipinski definition) is 2. The Labute approximate surface area is 130 Å². The summed E-state index contributed by atoms with van der Waals surface area (Å²) in [5.41, 5.74) is 4.06. The van der Waals surface area contributed by atoms with Crippen molar-refractivity contribution < 1.29 is 0 Å². The van der Waals surface area contributed by atoms with Crippen LogP contribution in [-0.2, 0) is 6.54 Å². The SMILES string of the molecule is Cc1nccn1Cc1ccc2[nH]cc(C3CCN(C)C3)c2c1. The molecule has 0 amide bonds. The first-order valence-electron chi connectivity index (χ1n) is 7.97. The molecule has 0 spiro atoms. The van der Waals surface area contributed by atoms with Crippen LogP contribution >= 0.6 is 0 Å². The van der Waals surface area contributed by atoms with Crippen LogP contribution in [0.5, 0.6) is 0 Å². The monoisotopic (exact) mass is 294 g/mol. The standard InChI is InChI=1S/C18H22N4/c1-13-19-6-8-22(13)11-14-3-4-18-16(9-14)17(10-20-18)15-5-7-21(2)12-15/h3-4,6,8-10,15,20H,5,7,11-12H2,1-2H3. The second-order valence-corrected chi connectivity index (χ2v) is 6.47. The van der Waals surface area contributed by atoms with Crippen molar-refractivity contribution in [2.45, 2.75) is 25.8 Å². The molecule has 22 heavy (non-hydrogen) atoms. The van der Waals surface area contributed by atoms with Crippen molar-refractivity contribution >= 4 is 10.9 Å². The van der Waals surface area contributed by atoms with E-state index in [2.05, 4.69) is 57.8 Å². The Balaban J connectivity index is 1.69. The third-order valence-corrected chi connectivity index (χ3v) is 4.89. The van der Waals surface area contributed by atoms with Crippen molar-refractivity contribution in [1.29, 1.82) is 0 Å². The number of aromatic nitrogens is 3. The molecule has 1 aliphatic rings. The fourth-order valence-electron chi connectivity index (χ4n) is 3.58. The molecule has 1 aliphatic heterocycles. The highest BCUT2D eigenvalue weighted by atomic mass is 15.1. The maximum Gasteiger partial charge on any atom is 0.105 e. The molecule has 4 rings (SSSR count). The van der Waals surface area contributed by atoms with Gasteiger partial charge < -0.3 is 14.5 Å². The number of rotatable bonds is 3. The molecule has 1 saturated heterocycles. The van der Waals surface area contributed by atoms with Gasteiger partial charge >= 0.3 is 0 Å². The van der Waals surface area contributed by atoms with Crippen LogP contribution in [0.25, 0.3) is 10.9 Å². The van der Waals surface area contributed by atoms with Crippen LogP contribution in [0.4, 0.5) is 0 Å². The van der Waals surface area contributed by atoms with Crippen LogP contribution in [-0.4, -0.2) is 39.6 Å². The van der Waals surface area contributed by atoms with Gasteiger partial charge in [-0.1, -0.05) is 6.07 Å². The first kappa shape index (κ1) is 13.6. The van der Waals surface area contributed by atoms with E-state index in [1.165, 1.54) is 35.0 Å². The van der Waals surface area contributed by atoms with E-state index in [1.54, 1.807) is 0 Å². The normalized spacial score (nSPS) is 19.3. The molecule has 2 aromatic heterocycles. The molecule has 3 aromatic rings. The fourth-order valence-corrected chi connectivity index (χ4v) is 3.58. The molecule has 3 heterocycles. The van der Waals surface area contributed by atoms with Crippen LogP contribution in [0.3, 0.4) is 0 Å². The first-order chi connectivity index (χ1) is 10.7. The number of likely N-dealkylation sites (tertiary alicyclic amines) is 1. The molecule has 0 saturated carbocycles. The van der Waals surface area contributed by atoms with Gasteiger partial charge in [0.1, 0.15) is 5.82 Å². The number of nitrogens with one attached hydrogen (secondary N) is 1. The number of aryl methyl sites for hydroxylation is 1. The summed E-state index contributed by atoms with van der Waals surface area (Å²) in [6.45, 7) is 5.30. The summed E-state index contributed by atoms with van der Waals surface area (Å²) in [7, 11) is 2.21. The Kier molecular flexibility index (Phi) is 3.26. The van der Waals surface area contributed by atoms with E-state index < -0.39 is 0 Å². The van der Waals surface area contributed by atoms with Crippen LogP contribution in [0.15, 0.2) is 36.8 Å².